The van der Waals surface area contributed by atoms with E-state index in [1.54, 1.807) is 18.2 Å². The van der Waals surface area contributed by atoms with Crippen molar-refractivity contribution in [3.8, 4) is 0 Å². The van der Waals surface area contributed by atoms with Gasteiger partial charge in [0, 0.05) is 6.04 Å². The fourth-order valence-electron chi connectivity index (χ4n) is 1.89. The van der Waals surface area contributed by atoms with Gasteiger partial charge in [-0.05, 0) is 25.0 Å². The van der Waals surface area contributed by atoms with Gasteiger partial charge in [0.1, 0.15) is 9.84 Å². The Morgan fingerprint density at radius 2 is 1.61 bits per heavy atom. The van der Waals surface area contributed by atoms with Crippen molar-refractivity contribution in [2.24, 2.45) is 0 Å². The van der Waals surface area contributed by atoms with E-state index in [9.17, 15) is 16.8 Å². The average Bonchev–Trinajstić information content (AvgIpc) is 2.33. The summed E-state index contributed by atoms with van der Waals surface area (Å²) >= 11 is 0. The van der Waals surface area contributed by atoms with Crippen LogP contribution >= 0.6 is 0 Å². The standard InChI is InChI=1S/C11H15NO4S2/c13-17(14)8-6-10(7-9-17)12-18(15,16)11-4-2-1-3-5-11/h1-5,10,12H,6-9H2. The molecule has 1 heterocycles. The molecule has 0 atom stereocenters. The van der Waals surface area contributed by atoms with E-state index in [4.69, 9.17) is 0 Å². The lowest BCUT2D eigenvalue weighted by Gasteiger charge is -2.22. The van der Waals surface area contributed by atoms with Crippen LogP contribution in [-0.4, -0.2) is 34.4 Å². The Labute approximate surface area is 107 Å². The number of hydrogen-bond acceptors (Lipinski definition) is 4. The van der Waals surface area contributed by atoms with Crippen molar-refractivity contribution in [1.29, 1.82) is 0 Å². The largest absolute Gasteiger partial charge is 0.240 e. The summed E-state index contributed by atoms with van der Waals surface area (Å²) in [5.41, 5.74) is 0. The summed E-state index contributed by atoms with van der Waals surface area (Å²) in [6, 6.07) is 7.79. The molecule has 1 aliphatic rings. The van der Waals surface area contributed by atoms with Crippen LogP contribution in [0.2, 0.25) is 0 Å². The third-order valence-electron chi connectivity index (χ3n) is 2.93. The fourth-order valence-corrected chi connectivity index (χ4v) is 4.71. The van der Waals surface area contributed by atoms with E-state index in [1.165, 1.54) is 12.1 Å². The highest BCUT2D eigenvalue weighted by Gasteiger charge is 2.27. The molecule has 0 radical (unpaired) electrons. The van der Waals surface area contributed by atoms with Gasteiger partial charge >= 0.3 is 0 Å². The van der Waals surface area contributed by atoms with Gasteiger partial charge in [-0.1, -0.05) is 18.2 Å². The highest BCUT2D eigenvalue weighted by Crippen LogP contribution is 2.15. The molecule has 100 valence electrons. The number of hydrogen-bond donors (Lipinski definition) is 1. The van der Waals surface area contributed by atoms with E-state index in [1.807, 2.05) is 0 Å². The molecule has 1 aliphatic heterocycles. The summed E-state index contributed by atoms with van der Waals surface area (Å²) in [7, 11) is -6.51. The molecule has 0 aromatic heterocycles. The summed E-state index contributed by atoms with van der Waals surface area (Å²) in [4.78, 5) is 0.207. The van der Waals surface area contributed by atoms with Crippen LogP contribution in [-0.2, 0) is 19.9 Å². The topological polar surface area (TPSA) is 80.3 Å². The minimum atomic E-state index is -3.54. The van der Waals surface area contributed by atoms with E-state index in [0.29, 0.717) is 12.8 Å². The number of rotatable bonds is 3. The molecule has 2 rings (SSSR count). The highest BCUT2D eigenvalue weighted by molar-refractivity contribution is 7.91. The van der Waals surface area contributed by atoms with Gasteiger partial charge in [0.05, 0.1) is 16.4 Å². The molecule has 1 N–H and O–H groups in total. The van der Waals surface area contributed by atoms with Crippen LogP contribution in [0.4, 0.5) is 0 Å². The van der Waals surface area contributed by atoms with Gasteiger partial charge in [0.15, 0.2) is 0 Å². The van der Waals surface area contributed by atoms with Gasteiger partial charge in [0.25, 0.3) is 0 Å². The van der Waals surface area contributed by atoms with E-state index in [0.717, 1.165) is 0 Å². The van der Waals surface area contributed by atoms with Gasteiger partial charge in [0.2, 0.25) is 10.0 Å². The zero-order chi connectivity index (χ0) is 13.2. The van der Waals surface area contributed by atoms with Crippen molar-refractivity contribution in [3.63, 3.8) is 0 Å². The Balaban J connectivity index is 2.07. The van der Waals surface area contributed by atoms with Crippen LogP contribution in [0.25, 0.3) is 0 Å². The van der Waals surface area contributed by atoms with Crippen LogP contribution in [0, 0.1) is 0 Å². The lowest BCUT2D eigenvalue weighted by molar-refractivity contribution is 0.505. The number of nitrogens with one attached hydrogen (secondary N) is 1. The number of benzene rings is 1. The first-order chi connectivity index (χ1) is 8.39. The molecular weight excluding hydrogens is 274 g/mol. The quantitative estimate of drug-likeness (QED) is 0.881. The lowest BCUT2D eigenvalue weighted by atomic mass is 10.2. The Kier molecular flexibility index (Phi) is 3.74. The van der Waals surface area contributed by atoms with Crippen LogP contribution < -0.4 is 4.72 Å². The highest BCUT2D eigenvalue weighted by atomic mass is 32.2. The van der Waals surface area contributed by atoms with Gasteiger partial charge < -0.3 is 0 Å². The third-order valence-corrected chi connectivity index (χ3v) is 6.18. The molecular formula is C11H15NO4S2. The second-order valence-electron chi connectivity index (χ2n) is 4.36. The maximum atomic E-state index is 12.0. The average molecular weight is 289 g/mol. The molecule has 5 nitrogen and oxygen atoms in total. The van der Waals surface area contributed by atoms with Crippen LogP contribution in [0.1, 0.15) is 12.8 Å². The second kappa shape index (κ2) is 4.99. The van der Waals surface area contributed by atoms with Gasteiger partial charge in [-0.15, -0.1) is 0 Å². The van der Waals surface area contributed by atoms with Crippen molar-refractivity contribution in [2.45, 2.75) is 23.8 Å². The van der Waals surface area contributed by atoms with Crippen molar-refractivity contribution in [2.75, 3.05) is 11.5 Å². The third kappa shape index (κ3) is 3.30. The maximum Gasteiger partial charge on any atom is 0.240 e. The van der Waals surface area contributed by atoms with Crippen LogP contribution in [0.3, 0.4) is 0 Å². The van der Waals surface area contributed by atoms with Gasteiger partial charge in [-0.3, -0.25) is 0 Å². The monoisotopic (exact) mass is 289 g/mol. The van der Waals surface area contributed by atoms with E-state index < -0.39 is 19.9 Å². The van der Waals surface area contributed by atoms with Crippen molar-refractivity contribution < 1.29 is 16.8 Å². The van der Waals surface area contributed by atoms with Crippen LogP contribution in [0.15, 0.2) is 35.2 Å². The molecule has 0 bridgehead atoms. The summed E-state index contributed by atoms with van der Waals surface area (Å²) in [5, 5.41) is 0. The van der Waals surface area contributed by atoms with Gasteiger partial charge in [-0.25, -0.2) is 21.6 Å². The Morgan fingerprint density at radius 1 is 1.06 bits per heavy atom. The fraction of sp³-hybridized carbons (Fsp3) is 0.455. The first kappa shape index (κ1) is 13.5. The lowest BCUT2D eigenvalue weighted by Crippen LogP contribution is -2.40. The van der Waals surface area contributed by atoms with E-state index in [-0.39, 0.29) is 22.4 Å². The maximum absolute atomic E-state index is 12.0. The normalized spacial score (nSPS) is 20.7. The van der Waals surface area contributed by atoms with Crippen LogP contribution in [0.5, 0.6) is 0 Å². The Hall–Kier alpha value is -0.920. The number of sulfone groups is 1. The molecule has 1 fully saturated rings. The zero-order valence-electron chi connectivity index (χ0n) is 9.74. The molecule has 1 aromatic rings. The second-order valence-corrected chi connectivity index (χ2v) is 8.38. The smallest absolute Gasteiger partial charge is 0.229 e. The molecule has 1 saturated heterocycles. The molecule has 0 spiro atoms. The SMILES string of the molecule is O=S1(=O)CCC(NS(=O)(=O)c2ccccc2)CC1. The Bertz CT molecular complexity index is 594. The predicted molar refractivity (Wildman–Crippen MR) is 68.4 cm³/mol. The van der Waals surface area contributed by atoms with Gasteiger partial charge in [-0.2, -0.15) is 0 Å². The number of sulfonamides is 1. The van der Waals surface area contributed by atoms with Crippen molar-refractivity contribution >= 4 is 19.9 Å². The van der Waals surface area contributed by atoms with E-state index >= 15 is 0 Å². The zero-order valence-corrected chi connectivity index (χ0v) is 11.4. The first-order valence-corrected chi connectivity index (χ1v) is 8.97. The summed E-state index contributed by atoms with van der Waals surface area (Å²) in [6.07, 6.45) is 0.683. The first-order valence-electron chi connectivity index (χ1n) is 5.67. The molecule has 0 unspecified atom stereocenters. The molecule has 0 amide bonds. The minimum absolute atomic E-state index is 0.0506. The van der Waals surface area contributed by atoms with E-state index in [2.05, 4.69) is 4.72 Å². The summed E-state index contributed by atoms with van der Waals surface area (Å²) in [6.45, 7) is 0. The summed E-state index contributed by atoms with van der Waals surface area (Å²) < 4.78 is 49.1. The minimum Gasteiger partial charge on any atom is -0.229 e. The Morgan fingerprint density at radius 3 is 2.17 bits per heavy atom. The molecule has 0 aliphatic carbocycles. The van der Waals surface area contributed by atoms with Crippen molar-refractivity contribution in [3.05, 3.63) is 30.3 Å². The molecule has 1 aromatic carbocycles. The summed E-state index contributed by atoms with van der Waals surface area (Å²) in [5.74, 6) is 0.101. The molecule has 7 heteroatoms. The predicted octanol–water partition coefficient (Wildman–Crippen LogP) is 0.542. The molecule has 18 heavy (non-hydrogen) atoms. The van der Waals surface area contributed by atoms with Crippen molar-refractivity contribution in [1.82, 2.24) is 4.72 Å². The molecule has 0 saturated carbocycles.